The number of hydrogen-bond acceptors (Lipinski definition) is 0. The van der Waals surface area contributed by atoms with Gasteiger partial charge in [0.25, 0.3) is 0 Å². The van der Waals surface area contributed by atoms with Crippen molar-refractivity contribution in [2.24, 2.45) is 11.3 Å². The van der Waals surface area contributed by atoms with Crippen molar-refractivity contribution in [1.29, 1.82) is 0 Å². The molecule has 0 amide bonds. The van der Waals surface area contributed by atoms with Gasteiger partial charge in [0.1, 0.15) is 0 Å². The van der Waals surface area contributed by atoms with Crippen LogP contribution in [-0.4, -0.2) is 4.98 Å². The van der Waals surface area contributed by atoms with Crippen LogP contribution in [0.1, 0.15) is 38.4 Å². The molecular weight excluding hydrogens is 242 g/mol. The minimum atomic E-state index is 0.389. The molecule has 0 unspecified atom stereocenters. The van der Waals surface area contributed by atoms with E-state index >= 15 is 0 Å². The van der Waals surface area contributed by atoms with Crippen LogP contribution >= 0.6 is 11.6 Å². The molecule has 0 radical (unpaired) electrons. The smallest absolute Gasteiger partial charge is 0.0460 e. The van der Waals surface area contributed by atoms with E-state index in [9.17, 15) is 0 Å². The fourth-order valence-electron chi connectivity index (χ4n) is 3.13. The molecule has 1 nitrogen and oxygen atoms in total. The van der Waals surface area contributed by atoms with Gasteiger partial charge in [0, 0.05) is 21.6 Å². The maximum atomic E-state index is 6.13. The number of aromatic nitrogens is 1. The van der Waals surface area contributed by atoms with Crippen molar-refractivity contribution in [1.82, 2.24) is 4.98 Å². The molecule has 0 saturated carbocycles. The Morgan fingerprint density at radius 2 is 2.06 bits per heavy atom. The molecule has 2 aromatic rings. The van der Waals surface area contributed by atoms with Crippen LogP contribution in [0.4, 0.5) is 0 Å². The van der Waals surface area contributed by atoms with E-state index in [0.29, 0.717) is 5.41 Å². The Morgan fingerprint density at radius 1 is 1.28 bits per heavy atom. The van der Waals surface area contributed by atoms with Gasteiger partial charge in [0.15, 0.2) is 0 Å². The second-order valence-electron chi connectivity index (χ2n) is 6.58. The second kappa shape index (κ2) is 4.03. The quantitative estimate of drug-likeness (QED) is 0.689. The van der Waals surface area contributed by atoms with E-state index in [1.54, 1.807) is 0 Å². The summed E-state index contributed by atoms with van der Waals surface area (Å²) in [6.07, 6.45) is 3.64. The lowest BCUT2D eigenvalue weighted by atomic mass is 9.71. The minimum absolute atomic E-state index is 0.389. The molecule has 18 heavy (non-hydrogen) atoms. The van der Waals surface area contributed by atoms with Crippen LogP contribution in [0.2, 0.25) is 5.02 Å². The number of nitrogens with one attached hydrogen (secondary N) is 1. The Kier molecular flexibility index (Phi) is 2.71. The van der Waals surface area contributed by atoms with E-state index in [1.807, 2.05) is 6.07 Å². The number of aromatic amines is 1. The van der Waals surface area contributed by atoms with Gasteiger partial charge in [-0.05, 0) is 54.4 Å². The third-order valence-corrected chi connectivity index (χ3v) is 4.61. The van der Waals surface area contributed by atoms with Crippen molar-refractivity contribution in [2.45, 2.75) is 40.0 Å². The van der Waals surface area contributed by atoms with Gasteiger partial charge in [-0.25, -0.2) is 0 Å². The first-order chi connectivity index (χ1) is 8.45. The average Bonchev–Trinajstić information content (AvgIpc) is 2.65. The summed E-state index contributed by atoms with van der Waals surface area (Å²) in [5.41, 5.74) is 4.55. The SMILES string of the molecule is CC(C)(C)[C@@H]1CCc2[nH]c3ccc(Cl)cc3c2C1. The summed E-state index contributed by atoms with van der Waals surface area (Å²) in [7, 11) is 0. The highest BCUT2D eigenvalue weighted by Gasteiger charge is 2.30. The molecule has 1 heterocycles. The molecule has 0 fully saturated rings. The highest BCUT2D eigenvalue weighted by Crippen LogP contribution is 2.40. The van der Waals surface area contributed by atoms with Crippen molar-refractivity contribution in [3.05, 3.63) is 34.5 Å². The van der Waals surface area contributed by atoms with Gasteiger partial charge >= 0.3 is 0 Å². The summed E-state index contributed by atoms with van der Waals surface area (Å²) in [6.45, 7) is 7.06. The number of rotatable bonds is 0. The van der Waals surface area contributed by atoms with E-state index in [2.05, 4.69) is 37.9 Å². The van der Waals surface area contributed by atoms with Gasteiger partial charge in [-0.15, -0.1) is 0 Å². The van der Waals surface area contributed by atoms with Crippen LogP contribution in [0.3, 0.4) is 0 Å². The molecule has 2 heteroatoms. The van der Waals surface area contributed by atoms with Crippen LogP contribution < -0.4 is 0 Å². The highest BCUT2D eigenvalue weighted by molar-refractivity contribution is 6.31. The van der Waals surface area contributed by atoms with Crippen LogP contribution in [0.5, 0.6) is 0 Å². The fraction of sp³-hybridized carbons (Fsp3) is 0.500. The third-order valence-electron chi connectivity index (χ3n) is 4.37. The minimum Gasteiger partial charge on any atom is -0.358 e. The normalized spacial score (nSPS) is 20.1. The number of aryl methyl sites for hydroxylation is 1. The lowest BCUT2D eigenvalue weighted by Gasteiger charge is -2.34. The molecule has 1 aliphatic rings. The van der Waals surface area contributed by atoms with Crippen molar-refractivity contribution in [3.8, 4) is 0 Å². The fourth-order valence-corrected chi connectivity index (χ4v) is 3.30. The summed E-state index contributed by atoms with van der Waals surface area (Å²) >= 11 is 6.13. The van der Waals surface area contributed by atoms with Gasteiger partial charge in [0.05, 0.1) is 0 Å². The molecule has 0 aliphatic heterocycles. The molecule has 1 aromatic heterocycles. The van der Waals surface area contributed by atoms with Gasteiger partial charge < -0.3 is 4.98 Å². The molecule has 0 spiro atoms. The Hall–Kier alpha value is -0.950. The van der Waals surface area contributed by atoms with Crippen molar-refractivity contribution < 1.29 is 0 Å². The van der Waals surface area contributed by atoms with Gasteiger partial charge in [-0.1, -0.05) is 32.4 Å². The van der Waals surface area contributed by atoms with Crippen molar-refractivity contribution in [2.75, 3.05) is 0 Å². The Morgan fingerprint density at radius 3 is 2.78 bits per heavy atom. The monoisotopic (exact) mass is 261 g/mol. The number of halogens is 1. The predicted molar refractivity (Wildman–Crippen MR) is 78.3 cm³/mol. The topological polar surface area (TPSA) is 15.8 Å². The van der Waals surface area contributed by atoms with Gasteiger partial charge in [0.2, 0.25) is 0 Å². The first kappa shape index (κ1) is 12.1. The summed E-state index contributed by atoms with van der Waals surface area (Å²) in [6, 6.07) is 6.17. The largest absolute Gasteiger partial charge is 0.358 e. The first-order valence-corrected chi connectivity index (χ1v) is 7.12. The van der Waals surface area contributed by atoms with E-state index in [4.69, 9.17) is 11.6 Å². The van der Waals surface area contributed by atoms with Gasteiger partial charge in [-0.2, -0.15) is 0 Å². The molecule has 96 valence electrons. The number of H-pyrrole nitrogens is 1. The molecule has 1 aliphatic carbocycles. The standard InChI is InChI=1S/C16H20ClN/c1-16(2,3)10-4-6-14-12(8-10)13-9-11(17)5-7-15(13)18-14/h5,7,9-10,18H,4,6,8H2,1-3H3/t10-/m1/s1. The van der Waals surface area contributed by atoms with Crippen LogP contribution in [-0.2, 0) is 12.8 Å². The number of hydrogen-bond donors (Lipinski definition) is 1. The van der Waals surface area contributed by atoms with E-state index in [0.717, 1.165) is 10.9 Å². The predicted octanol–water partition coefficient (Wildman–Crippen LogP) is 4.97. The van der Waals surface area contributed by atoms with Crippen LogP contribution in [0.25, 0.3) is 10.9 Å². The Labute approximate surface area is 114 Å². The summed E-state index contributed by atoms with van der Waals surface area (Å²) in [5.74, 6) is 0.767. The maximum absolute atomic E-state index is 6.13. The Bertz CT molecular complexity index is 589. The zero-order chi connectivity index (χ0) is 12.9. The van der Waals surface area contributed by atoms with Crippen LogP contribution in [0.15, 0.2) is 18.2 Å². The zero-order valence-corrected chi connectivity index (χ0v) is 12.1. The van der Waals surface area contributed by atoms with E-state index in [1.165, 1.54) is 41.4 Å². The molecule has 3 rings (SSSR count). The first-order valence-electron chi connectivity index (χ1n) is 6.74. The van der Waals surface area contributed by atoms with E-state index < -0.39 is 0 Å². The Balaban J connectivity index is 2.08. The summed E-state index contributed by atoms with van der Waals surface area (Å²) < 4.78 is 0. The highest BCUT2D eigenvalue weighted by atomic mass is 35.5. The molecule has 0 bridgehead atoms. The lowest BCUT2D eigenvalue weighted by molar-refractivity contribution is 0.216. The molecule has 0 saturated heterocycles. The molecule has 1 N–H and O–H groups in total. The molecule has 1 aromatic carbocycles. The third kappa shape index (κ3) is 1.95. The summed E-state index contributed by atoms with van der Waals surface area (Å²) in [5, 5.41) is 2.16. The van der Waals surface area contributed by atoms with Crippen molar-refractivity contribution in [3.63, 3.8) is 0 Å². The second-order valence-corrected chi connectivity index (χ2v) is 7.01. The molecular formula is C16H20ClN. The van der Waals surface area contributed by atoms with E-state index in [-0.39, 0.29) is 0 Å². The molecule has 1 atom stereocenters. The van der Waals surface area contributed by atoms with Crippen LogP contribution in [0, 0.1) is 11.3 Å². The van der Waals surface area contributed by atoms with Crippen molar-refractivity contribution >= 4 is 22.5 Å². The lowest BCUT2D eigenvalue weighted by Crippen LogP contribution is -2.26. The van der Waals surface area contributed by atoms with Gasteiger partial charge in [-0.3, -0.25) is 0 Å². The number of benzene rings is 1. The average molecular weight is 262 g/mol. The number of fused-ring (bicyclic) bond motifs is 3. The maximum Gasteiger partial charge on any atom is 0.0460 e. The zero-order valence-electron chi connectivity index (χ0n) is 11.3. The summed E-state index contributed by atoms with van der Waals surface area (Å²) in [4.78, 5) is 3.56.